The van der Waals surface area contributed by atoms with Gasteiger partial charge in [0.15, 0.2) is 0 Å². The quantitative estimate of drug-likeness (QED) is 0.863. The number of carboxylic acids is 1. The van der Waals surface area contributed by atoms with Gasteiger partial charge in [0, 0.05) is 24.8 Å². The van der Waals surface area contributed by atoms with Crippen LogP contribution in [0.3, 0.4) is 0 Å². The first-order valence-electron chi connectivity index (χ1n) is 7.31. The van der Waals surface area contributed by atoms with Crippen LogP contribution in [0, 0.1) is 6.92 Å². The molecule has 25 heavy (non-hydrogen) atoms. The number of nitrogens with one attached hydrogen (secondary N) is 1. The number of alkyl halides is 3. The van der Waals surface area contributed by atoms with Gasteiger partial charge in [0.2, 0.25) is 0 Å². The standard InChI is InChI=1S/C16H16F3N3O3/c1-9-13(15(25)22(2)7-6-12(23)24)21-14(20-9)10-4-3-5-11(8-10)16(17,18)19/h3-5,8H,6-7H2,1-2H3,(H,20,21)(H,23,24). The molecule has 0 saturated carbocycles. The summed E-state index contributed by atoms with van der Waals surface area (Å²) in [6, 6.07) is 4.61. The predicted octanol–water partition coefficient (Wildman–Crippen LogP) is 2.95. The van der Waals surface area contributed by atoms with Gasteiger partial charge >= 0.3 is 12.1 Å². The molecule has 1 amide bonds. The summed E-state index contributed by atoms with van der Waals surface area (Å²) in [5.41, 5.74) is -0.185. The summed E-state index contributed by atoms with van der Waals surface area (Å²) >= 11 is 0. The number of rotatable bonds is 5. The maximum absolute atomic E-state index is 12.8. The van der Waals surface area contributed by atoms with E-state index >= 15 is 0 Å². The third kappa shape index (κ3) is 4.37. The lowest BCUT2D eigenvalue weighted by molar-refractivity contribution is -0.138. The SMILES string of the molecule is Cc1[nH]c(-c2cccc(C(F)(F)F)c2)nc1C(=O)N(C)CCC(=O)O. The van der Waals surface area contributed by atoms with Crippen LogP contribution in [-0.4, -0.2) is 45.4 Å². The molecule has 0 aliphatic heterocycles. The minimum Gasteiger partial charge on any atom is -0.481 e. The van der Waals surface area contributed by atoms with E-state index < -0.39 is 23.6 Å². The van der Waals surface area contributed by atoms with Crippen molar-refractivity contribution in [2.75, 3.05) is 13.6 Å². The van der Waals surface area contributed by atoms with Crippen molar-refractivity contribution in [1.29, 1.82) is 0 Å². The minimum atomic E-state index is -4.48. The van der Waals surface area contributed by atoms with Gasteiger partial charge in [-0.1, -0.05) is 12.1 Å². The zero-order valence-corrected chi connectivity index (χ0v) is 13.5. The number of aromatic nitrogens is 2. The van der Waals surface area contributed by atoms with Crippen molar-refractivity contribution in [3.63, 3.8) is 0 Å². The summed E-state index contributed by atoms with van der Waals surface area (Å²) in [7, 11) is 1.43. The van der Waals surface area contributed by atoms with Crippen LogP contribution in [0.25, 0.3) is 11.4 Å². The van der Waals surface area contributed by atoms with E-state index in [9.17, 15) is 22.8 Å². The highest BCUT2D eigenvalue weighted by molar-refractivity contribution is 5.94. The topological polar surface area (TPSA) is 86.3 Å². The van der Waals surface area contributed by atoms with E-state index in [0.717, 1.165) is 12.1 Å². The van der Waals surface area contributed by atoms with E-state index in [1.807, 2.05) is 0 Å². The number of benzene rings is 1. The molecule has 0 atom stereocenters. The monoisotopic (exact) mass is 355 g/mol. The number of halogens is 3. The molecule has 0 aliphatic rings. The van der Waals surface area contributed by atoms with E-state index in [0.29, 0.717) is 5.69 Å². The summed E-state index contributed by atoms with van der Waals surface area (Å²) in [4.78, 5) is 31.0. The molecule has 0 aliphatic carbocycles. The molecule has 2 rings (SSSR count). The molecule has 0 bridgehead atoms. The van der Waals surface area contributed by atoms with Crippen LogP contribution in [0.4, 0.5) is 13.2 Å². The van der Waals surface area contributed by atoms with Crippen LogP contribution >= 0.6 is 0 Å². The van der Waals surface area contributed by atoms with Gasteiger partial charge in [-0.2, -0.15) is 13.2 Å². The smallest absolute Gasteiger partial charge is 0.416 e. The average molecular weight is 355 g/mol. The van der Waals surface area contributed by atoms with Crippen molar-refractivity contribution >= 4 is 11.9 Å². The largest absolute Gasteiger partial charge is 0.481 e. The summed E-state index contributed by atoms with van der Waals surface area (Å²) in [6.07, 6.45) is -4.69. The Morgan fingerprint density at radius 1 is 1.32 bits per heavy atom. The number of imidazole rings is 1. The van der Waals surface area contributed by atoms with Crippen LogP contribution in [0.15, 0.2) is 24.3 Å². The van der Waals surface area contributed by atoms with Crippen LogP contribution in [0.5, 0.6) is 0 Å². The van der Waals surface area contributed by atoms with Gasteiger partial charge in [0.25, 0.3) is 5.91 Å². The maximum Gasteiger partial charge on any atom is 0.416 e. The lowest BCUT2D eigenvalue weighted by atomic mass is 10.1. The summed E-state index contributed by atoms with van der Waals surface area (Å²) in [6.45, 7) is 1.57. The summed E-state index contributed by atoms with van der Waals surface area (Å²) in [5, 5.41) is 8.66. The normalized spacial score (nSPS) is 11.4. The molecule has 0 radical (unpaired) electrons. The third-order valence-electron chi connectivity index (χ3n) is 3.56. The fourth-order valence-corrected chi connectivity index (χ4v) is 2.19. The van der Waals surface area contributed by atoms with Gasteiger partial charge in [-0.25, -0.2) is 4.98 Å². The van der Waals surface area contributed by atoms with Gasteiger partial charge in [0.05, 0.1) is 12.0 Å². The van der Waals surface area contributed by atoms with Gasteiger partial charge in [0.1, 0.15) is 11.5 Å². The van der Waals surface area contributed by atoms with Crippen molar-refractivity contribution in [2.45, 2.75) is 19.5 Å². The van der Waals surface area contributed by atoms with Crippen LogP contribution in [0.2, 0.25) is 0 Å². The maximum atomic E-state index is 12.8. The number of aliphatic carboxylic acids is 1. The third-order valence-corrected chi connectivity index (χ3v) is 3.56. The van der Waals surface area contributed by atoms with Crippen molar-refractivity contribution in [2.24, 2.45) is 0 Å². The molecular weight excluding hydrogens is 339 g/mol. The van der Waals surface area contributed by atoms with Crippen molar-refractivity contribution in [1.82, 2.24) is 14.9 Å². The Morgan fingerprint density at radius 3 is 2.60 bits per heavy atom. The number of nitrogens with zero attached hydrogens (tertiary/aromatic N) is 2. The first-order valence-corrected chi connectivity index (χ1v) is 7.31. The number of aryl methyl sites for hydroxylation is 1. The lowest BCUT2D eigenvalue weighted by Gasteiger charge is -2.14. The number of carboxylic acid groups (broad SMARTS) is 1. The molecule has 0 saturated heterocycles. The van der Waals surface area contributed by atoms with E-state index in [2.05, 4.69) is 9.97 Å². The lowest BCUT2D eigenvalue weighted by Crippen LogP contribution is -2.29. The van der Waals surface area contributed by atoms with Gasteiger partial charge in [-0.05, 0) is 19.1 Å². The number of carbonyl (C=O) groups excluding carboxylic acids is 1. The Balaban J connectivity index is 2.28. The molecule has 1 aromatic carbocycles. The molecule has 0 spiro atoms. The minimum absolute atomic E-state index is 0.000636. The Labute approximate surface area is 141 Å². The molecule has 1 heterocycles. The number of carbonyl (C=O) groups is 2. The Hall–Kier alpha value is -2.84. The molecular formula is C16H16F3N3O3. The zero-order chi connectivity index (χ0) is 18.8. The number of hydrogen-bond acceptors (Lipinski definition) is 3. The van der Waals surface area contributed by atoms with E-state index in [1.165, 1.54) is 24.1 Å². The second-order valence-corrected chi connectivity index (χ2v) is 5.51. The molecule has 134 valence electrons. The molecule has 6 nitrogen and oxygen atoms in total. The van der Waals surface area contributed by atoms with Crippen LogP contribution in [0.1, 0.15) is 28.2 Å². The van der Waals surface area contributed by atoms with E-state index in [1.54, 1.807) is 6.92 Å². The highest BCUT2D eigenvalue weighted by Crippen LogP contribution is 2.31. The van der Waals surface area contributed by atoms with E-state index in [-0.39, 0.29) is 30.0 Å². The number of amides is 1. The summed E-state index contributed by atoms with van der Waals surface area (Å²) < 4.78 is 38.4. The van der Waals surface area contributed by atoms with Crippen LogP contribution < -0.4 is 0 Å². The highest BCUT2D eigenvalue weighted by Gasteiger charge is 2.30. The highest BCUT2D eigenvalue weighted by atomic mass is 19.4. The van der Waals surface area contributed by atoms with Crippen molar-refractivity contribution < 1.29 is 27.9 Å². The average Bonchev–Trinajstić information content (AvgIpc) is 2.93. The molecule has 9 heteroatoms. The molecule has 2 N–H and O–H groups in total. The first-order chi connectivity index (χ1) is 11.6. The molecule has 1 aromatic heterocycles. The fourth-order valence-electron chi connectivity index (χ4n) is 2.19. The van der Waals surface area contributed by atoms with Gasteiger partial charge in [-0.15, -0.1) is 0 Å². The summed E-state index contributed by atoms with van der Waals surface area (Å²) in [5.74, 6) is -1.41. The Morgan fingerprint density at radius 2 is 2.00 bits per heavy atom. The van der Waals surface area contributed by atoms with Gasteiger partial charge in [-0.3, -0.25) is 9.59 Å². The zero-order valence-electron chi connectivity index (χ0n) is 13.5. The van der Waals surface area contributed by atoms with Gasteiger partial charge < -0.3 is 15.0 Å². The van der Waals surface area contributed by atoms with E-state index in [4.69, 9.17) is 5.11 Å². The molecule has 2 aromatic rings. The molecule has 0 unspecified atom stereocenters. The fraction of sp³-hybridized carbons (Fsp3) is 0.312. The first kappa shape index (κ1) is 18.5. The second kappa shape index (κ2) is 6.96. The molecule has 0 fully saturated rings. The Bertz CT molecular complexity index is 799. The number of hydrogen-bond donors (Lipinski definition) is 2. The second-order valence-electron chi connectivity index (χ2n) is 5.51. The Kier molecular flexibility index (Phi) is 5.15. The van der Waals surface area contributed by atoms with Crippen molar-refractivity contribution in [3.8, 4) is 11.4 Å². The van der Waals surface area contributed by atoms with Crippen LogP contribution in [-0.2, 0) is 11.0 Å². The number of aromatic amines is 1. The number of H-pyrrole nitrogens is 1. The van der Waals surface area contributed by atoms with Crippen molar-refractivity contribution in [3.05, 3.63) is 41.2 Å². The predicted molar refractivity (Wildman–Crippen MR) is 83.0 cm³/mol.